The molecule has 2 aromatic carbocycles. The molecular formula is C17H18N2O4S. The van der Waals surface area contributed by atoms with Gasteiger partial charge in [-0.15, -0.1) is 4.28 Å². The van der Waals surface area contributed by atoms with Crippen LogP contribution in [0.1, 0.15) is 24.1 Å². The zero-order valence-electron chi connectivity index (χ0n) is 13.6. The van der Waals surface area contributed by atoms with Crippen molar-refractivity contribution in [3.63, 3.8) is 0 Å². The van der Waals surface area contributed by atoms with Gasteiger partial charge in [0.1, 0.15) is 0 Å². The lowest BCUT2D eigenvalue weighted by atomic mass is 10.0. The molecule has 7 heteroatoms. The van der Waals surface area contributed by atoms with Gasteiger partial charge in [0.2, 0.25) is 0 Å². The highest BCUT2D eigenvalue weighted by molar-refractivity contribution is 7.86. The van der Waals surface area contributed by atoms with E-state index < -0.39 is 16.1 Å². The van der Waals surface area contributed by atoms with Crippen molar-refractivity contribution in [2.75, 3.05) is 12.1 Å². The van der Waals surface area contributed by atoms with Gasteiger partial charge in [-0.1, -0.05) is 35.9 Å². The van der Waals surface area contributed by atoms with Gasteiger partial charge in [0.15, 0.2) is 0 Å². The lowest BCUT2D eigenvalue weighted by Crippen LogP contribution is -2.47. The van der Waals surface area contributed by atoms with Crippen molar-refractivity contribution >= 4 is 21.8 Å². The lowest BCUT2D eigenvalue weighted by Gasteiger charge is -2.37. The minimum atomic E-state index is -4.11. The first-order chi connectivity index (χ1) is 11.3. The molecule has 0 saturated heterocycles. The summed E-state index contributed by atoms with van der Waals surface area (Å²) in [7, 11) is -2.51. The summed E-state index contributed by atoms with van der Waals surface area (Å²) in [6.45, 7) is 3.74. The predicted molar refractivity (Wildman–Crippen MR) is 89.9 cm³/mol. The Hall–Kier alpha value is -2.38. The molecule has 2 aromatic rings. The molecule has 126 valence electrons. The van der Waals surface area contributed by atoms with Crippen LogP contribution < -0.4 is 5.06 Å². The van der Waals surface area contributed by atoms with Crippen LogP contribution in [0.4, 0.5) is 10.5 Å². The molecule has 1 unspecified atom stereocenters. The second-order valence-electron chi connectivity index (χ2n) is 5.76. The maximum absolute atomic E-state index is 12.5. The van der Waals surface area contributed by atoms with Crippen LogP contribution in [0.3, 0.4) is 0 Å². The van der Waals surface area contributed by atoms with E-state index in [0.29, 0.717) is 5.69 Å². The van der Waals surface area contributed by atoms with Crippen LogP contribution >= 0.6 is 0 Å². The maximum Gasteiger partial charge on any atom is 0.350 e. The summed E-state index contributed by atoms with van der Waals surface area (Å²) in [5.41, 5.74) is 2.18. The summed E-state index contributed by atoms with van der Waals surface area (Å²) in [6, 6.07) is 12.7. The third kappa shape index (κ3) is 2.76. The van der Waals surface area contributed by atoms with Gasteiger partial charge < -0.3 is 4.90 Å². The van der Waals surface area contributed by atoms with Crippen LogP contribution in [0.5, 0.6) is 0 Å². The average molecular weight is 346 g/mol. The maximum atomic E-state index is 12.5. The van der Waals surface area contributed by atoms with Crippen LogP contribution in [0.25, 0.3) is 0 Å². The van der Waals surface area contributed by atoms with Crippen molar-refractivity contribution in [2.24, 2.45) is 0 Å². The Labute approximate surface area is 141 Å². The second kappa shape index (κ2) is 5.92. The number of urea groups is 1. The van der Waals surface area contributed by atoms with E-state index in [1.165, 1.54) is 17.0 Å². The van der Waals surface area contributed by atoms with Gasteiger partial charge in [-0.2, -0.15) is 13.5 Å². The van der Waals surface area contributed by atoms with E-state index in [1.54, 1.807) is 31.3 Å². The Morgan fingerprint density at radius 1 is 1.04 bits per heavy atom. The van der Waals surface area contributed by atoms with Crippen molar-refractivity contribution in [1.29, 1.82) is 0 Å². The van der Waals surface area contributed by atoms with Crippen LogP contribution in [0, 0.1) is 6.92 Å². The highest BCUT2D eigenvalue weighted by Gasteiger charge is 2.37. The molecule has 0 spiro atoms. The molecule has 0 saturated carbocycles. The quantitative estimate of drug-likeness (QED) is 0.856. The number of anilines is 1. The van der Waals surface area contributed by atoms with Crippen LogP contribution in [0.15, 0.2) is 53.4 Å². The van der Waals surface area contributed by atoms with Gasteiger partial charge in [0, 0.05) is 12.6 Å². The largest absolute Gasteiger partial charge is 0.350 e. The highest BCUT2D eigenvalue weighted by Crippen LogP contribution is 2.36. The normalized spacial score (nSPS) is 17.8. The summed E-state index contributed by atoms with van der Waals surface area (Å²) >= 11 is 0. The Balaban J connectivity index is 2.01. The number of para-hydroxylation sites is 1. The molecule has 0 bridgehead atoms. The Bertz CT molecular complexity index is 878. The Morgan fingerprint density at radius 2 is 1.67 bits per heavy atom. The Kier molecular flexibility index (Phi) is 4.06. The third-order valence-corrected chi connectivity index (χ3v) is 5.34. The van der Waals surface area contributed by atoms with E-state index in [9.17, 15) is 13.2 Å². The molecule has 0 aromatic heterocycles. The van der Waals surface area contributed by atoms with E-state index in [4.69, 9.17) is 4.28 Å². The highest BCUT2D eigenvalue weighted by atomic mass is 32.2. The van der Waals surface area contributed by atoms with Crippen molar-refractivity contribution in [3.8, 4) is 0 Å². The fraction of sp³-hybridized carbons (Fsp3) is 0.235. The molecule has 0 aliphatic carbocycles. The first kappa shape index (κ1) is 16.5. The summed E-state index contributed by atoms with van der Waals surface area (Å²) in [5.74, 6) is 0. The number of benzene rings is 2. The van der Waals surface area contributed by atoms with Crippen LogP contribution in [-0.2, 0) is 14.4 Å². The summed E-state index contributed by atoms with van der Waals surface area (Å²) < 4.78 is 30.2. The fourth-order valence-corrected chi connectivity index (χ4v) is 3.46. The minimum Gasteiger partial charge on any atom is -0.319 e. The molecule has 6 nitrogen and oxygen atoms in total. The molecule has 1 aliphatic rings. The number of amides is 2. The number of hydrogen-bond donors (Lipinski definition) is 0. The van der Waals surface area contributed by atoms with Gasteiger partial charge in [0.05, 0.1) is 16.6 Å². The number of hydroxylamine groups is 1. The fourth-order valence-electron chi connectivity index (χ4n) is 2.56. The number of carbonyl (C=O) groups is 1. The smallest absolute Gasteiger partial charge is 0.319 e. The number of carbonyl (C=O) groups excluding carboxylic acids is 1. The average Bonchev–Trinajstić information content (AvgIpc) is 2.57. The van der Waals surface area contributed by atoms with Gasteiger partial charge in [0.25, 0.3) is 0 Å². The van der Waals surface area contributed by atoms with Gasteiger partial charge in [-0.3, -0.25) is 0 Å². The van der Waals surface area contributed by atoms with Crippen molar-refractivity contribution < 1.29 is 17.5 Å². The summed E-state index contributed by atoms with van der Waals surface area (Å²) in [5, 5.41) is 0.838. The third-order valence-electron chi connectivity index (χ3n) is 4.14. The second-order valence-corrected chi connectivity index (χ2v) is 7.29. The standard InChI is InChI=1S/C17H18N2O4S/c1-12-8-10-14(11-9-12)24(21,22)23-19-16-7-5-4-6-15(16)13(2)18(3)17(19)20/h4-11,13H,1-3H3. The zero-order valence-corrected chi connectivity index (χ0v) is 14.4. The number of fused-ring (bicyclic) bond motifs is 1. The molecule has 1 atom stereocenters. The monoisotopic (exact) mass is 346 g/mol. The predicted octanol–water partition coefficient (Wildman–Crippen LogP) is 3.25. The molecular weight excluding hydrogens is 328 g/mol. The summed E-state index contributed by atoms with van der Waals surface area (Å²) in [6.07, 6.45) is 0. The molecule has 3 rings (SSSR count). The number of aryl methyl sites for hydroxylation is 1. The molecule has 0 radical (unpaired) electrons. The molecule has 0 N–H and O–H groups in total. The van der Waals surface area contributed by atoms with E-state index in [1.807, 2.05) is 26.0 Å². The van der Waals surface area contributed by atoms with Crippen molar-refractivity contribution in [1.82, 2.24) is 4.90 Å². The van der Waals surface area contributed by atoms with Crippen LogP contribution in [-0.4, -0.2) is 26.4 Å². The Morgan fingerprint density at radius 3 is 2.33 bits per heavy atom. The summed E-state index contributed by atoms with van der Waals surface area (Å²) in [4.78, 5) is 14.0. The molecule has 24 heavy (non-hydrogen) atoms. The number of rotatable bonds is 3. The van der Waals surface area contributed by atoms with Gasteiger partial charge in [-0.25, -0.2) is 4.79 Å². The van der Waals surface area contributed by atoms with E-state index >= 15 is 0 Å². The SMILES string of the molecule is Cc1ccc(S(=O)(=O)ON2C(=O)N(C)C(C)c3ccccc32)cc1. The van der Waals surface area contributed by atoms with E-state index in [-0.39, 0.29) is 10.9 Å². The number of hydrogen-bond acceptors (Lipinski definition) is 4. The van der Waals surface area contributed by atoms with Crippen LogP contribution in [0.2, 0.25) is 0 Å². The van der Waals surface area contributed by atoms with Gasteiger partial charge in [-0.05, 0) is 32.0 Å². The molecule has 1 heterocycles. The van der Waals surface area contributed by atoms with E-state index in [0.717, 1.165) is 16.2 Å². The topological polar surface area (TPSA) is 66.9 Å². The zero-order chi connectivity index (χ0) is 17.5. The van der Waals surface area contributed by atoms with Gasteiger partial charge >= 0.3 is 16.1 Å². The van der Waals surface area contributed by atoms with Crippen molar-refractivity contribution in [2.45, 2.75) is 24.8 Å². The number of nitrogens with zero attached hydrogens (tertiary/aromatic N) is 2. The first-order valence-corrected chi connectivity index (χ1v) is 8.89. The lowest BCUT2D eigenvalue weighted by molar-refractivity contribution is 0.164. The molecule has 2 amide bonds. The first-order valence-electron chi connectivity index (χ1n) is 7.48. The van der Waals surface area contributed by atoms with Crippen molar-refractivity contribution in [3.05, 3.63) is 59.7 Å². The molecule has 1 aliphatic heterocycles. The van der Waals surface area contributed by atoms with E-state index in [2.05, 4.69) is 0 Å². The minimum absolute atomic E-state index is 0.000318. The molecule has 0 fully saturated rings.